The Hall–Kier alpha value is -4.00. The van der Waals surface area contributed by atoms with E-state index in [2.05, 4.69) is 10.6 Å². The lowest BCUT2D eigenvalue weighted by Crippen LogP contribution is -2.48. The van der Waals surface area contributed by atoms with Gasteiger partial charge in [0.15, 0.2) is 11.5 Å². The van der Waals surface area contributed by atoms with Gasteiger partial charge in [-0.2, -0.15) is 0 Å². The number of hydrogen-bond acceptors (Lipinski definition) is 5. The highest BCUT2D eigenvalue weighted by molar-refractivity contribution is 5.85. The third-order valence-corrected chi connectivity index (χ3v) is 5.42. The Labute approximate surface area is 212 Å². The first-order valence-corrected chi connectivity index (χ1v) is 12.3. The molecule has 36 heavy (non-hydrogen) atoms. The summed E-state index contributed by atoms with van der Waals surface area (Å²) in [5.74, 6) is 1.12. The number of alkyl carbamates (subject to hydrolysis) is 1. The van der Waals surface area contributed by atoms with E-state index in [9.17, 15) is 9.59 Å². The van der Waals surface area contributed by atoms with E-state index in [1.54, 1.807) is 0 Å². The molecule has 0 aromatic heterocycles. The van der Waals surface area contributed by atoms with Gasteiger partial charge in [-0.1, -0.05) is 66.7 Å². The van der Waals surface area contributed by atoms with E-state index in [-0.39, 0.29) is 12.5 Å². The van der Waals surface area contributed by atoms with Crippen molar-refractivity contribution < 1.29 is 23.8 Å². The summed E-state index contributed by atoms with van der Waals surface area (Å²) in [6, 6.07) is 24.0. The Bertz CT molecular complexity index is 1090. The smallest absolute Gasteiger partial charge is 0.408 e. The molecule has 1 atom stereocenters. The van der Waals surface area contributed by atoms with Crippen LogP contribution in [0.1, 0.15) is 30.5 Å². The van der Waals surface area contributed by atoms with Gasteiger partial charge in [0.05, 0.1) is 13.2 Å². The topological polar surface area (TPSA) is 85.9 Å². The molecule has 0 spiro atoms. The van der Waals surface area contributed by atoms with Crippen molar-refractivity contribution in [3.8, 4) is 11.5 Å². The van der Waals surface area contributed by atoms with E-state index in [0.717, 1.165) is 16.7 Å². The van der Waals surface area contributed by atoms with Crippen molar-refractivity contribution in [2.75, 3.05) is 19.8 Å². The highest BCUT2D eigenvalue weighted by Gasteiger charge is 2.22. The Balaban J connectivity index is 1.58. The minimum absolute atomic E-state index is 0.131. The molecule has 7 nitrogen and oxygen atoms in total. The molecule has 0 saturated carbocycles. The van der Waals surface area contributed by atoms with E-state index in [4.69, 9.17) is 14.2 Å². The quantitative estimate of drug-likeness (QED) is 0.363. The van der Waals surface area contributed by atoms with Gasteiger partial charge in [-0.05, 0) is 49.1 Å². The maximum atomic E-state index is 13.0. The highest BCUT2D eigenvalue weighted by atomic mass is 16.5. The number of benzene rings is 3. The number of hydrogen-bond donors (Lipinski definition) is 2. The normalized spacial score (nSPS) is 11.3. The SMILES string of the molecule is CCOc1ccc(CCNC(=O)C(Cc2ccccc2)NC(=O)OCc2ccccc2)cc1OCC. The summed E-state index contributed by atoms with van der Waals surface area (Å²) in [7, 11) is 0. The van der Waals surface area contributed by atoms with E-state index in [1.807, 2.05) is 92.7 Å². The first-order valence-electron chi connectivity index (χ1n) is 12.3. The van der Waals surface area contributed by atoms with E-state index in [1.165, 1.54) is 0 Å². The summed E-state index contributed by atoms with van der Waals surface area (Å²) < 4.78 is 16.6. The average molecular weight is 491 g/mol. The van der Waals surface area contributed by atoms with Crippen molar-refractivity contribution in [1.82, 2.24) is 10.6 Å². The molecule has 0 aliphatic carbocycles. The summed E-state index contributed by atoms with van der Waals surface area (Å²) in [5, 5.41) is 5.66. The van der Waals surface area contributed by atoms with Gasteiger partial charge in [0.1, 0.15) is 12.6 Å². The molecule has 1 unspecified atom stereocenters. The van der Waals surface area contributed by atoms with E-state index >= 15 is 0 Å². The molecule has 0 aliphatic heterocycles. The fourth-order valence-electron chi connectivity index (χ4n) is 3.67. The van der Waals surface area contributed by atoms with Crippen LogP contribution in [-0.4, -0.2) is 37.8 Å². The summed E-state index contributed by atoms with van der Waals surface area (Å²) >= 11 is 0. The van der Waals surface area contributed by atoms with E-state index < -0.39 is 12.1 Å². The van der Waals surface area contributed by atoms with Gasteiger partial charge in [-0.25, -0.2) is 4.79 Å². The van der Waals surface area contributed by atoms with Crippen molar-refractivity contribution in [3.05, 3.63) is 95.6 Å². The van der Waals surface area contributed by atoms with Gasteiger partial charge in [-0.15, -0.1) is 0 Å². The van der Waals surface area contributed by atoms with Crippen LogP contribution in [0.25, 0.3) is 0 Å². The van der Waals surface area contributed by atoms with Crippen LogP contribution in [0.15, 0.2) is 78.9 Å². The standard InChI is InChI=1S/C29H34N2O5/c1-3-34-26-16-15-23(20-27(26)35-4-2)17-18-30-28(32)25(19-22-11-7-5-8-12-22)31-29(33)36-21-24-13-9-6-10-14-24/h5-16,20,25H,3-4,17-19,21H2,1-2H3,(H,30,32)(H,31,33). The summed E-state index contributed by atoms with van der Waals surface area (Å²) in [6.07, 6.45) is 0.321. The number of nitrogens with one attached hydrogen (secondary N) is 2. The van der Waals surface area contributed by atoms with Crippen molar-refractivity contribution in [1.29, 1.82) is 0 Å². The molecule has 0 saturated heterocycles. The second-order valence-corrected chi connectivity index (χ2v) is 8.14. The lowest BCUT2D eigenvalue weighted by atomic mass is 10.1. The molecule has 0 heterocycles. The Morgan fingerprint density at radius 1 is 0.778 bits per heavy atom. The molecular weight excluding hydrogens is 456 g/mol. The fraction of sp³-hybridized carbons (Fsp3) is 0.310. The maximum Gasteiger partial charge on any atom is 0.408 e. The van der Waals surface area contributed by atoms with Gasteiger partial charge in [0, 0.05) is 13.0 Å². The molecule has 3 aromatic rings. The Morgan fingerprint density at radius 2 is 1.42 bits per heavy atom. The minimum atomic E-state index is -0.769. The van der Waals surface area contributed by atoms with Crippen LogP contribution in [0.2, 0.25) is 0 Å². The molecular formula is C29H34N2O5. The van der Waals surface area contributed by atoms with Crippen LogP contribution in [0.5, 0.6) is 11.5 Å². The first kappa shape index (κ1) is 26.6. The zero-order valence-corrected chi connectivity index (χ0v) is 20.9. The number of carbonyl (C=O) groups is 2. The molecule has 0 aliphatic rings. The third kappa shape index (κ3) is 8.65. The van der Waals surface area contributed by atoms with Gasteiger partial charge >= 0.3 is 6.09 Å². The van der Waals surface area contributed by atoms with Crippen LogP contribution in [-0.2, 0) is 29.0 Å². The van der Waals surface area contributed by atoms with Gasteiger partial charge in [0.25, 0.3) is 0 Å². The second kappa shape index (κ2) is 14.4. The zero-order chi connectivity index (χ0) is 25.6. The molecule has 2 amide bonds. The number of amides is 2. The molecule has 3 aromatic carbocycles. The molecule has 7 heteroatoms. The zero-order valence-electron chi connectivity index (χ0n) is 20.9. The highest BCUT2D eigenvalue weighted by Crippen LogP contribution is 2.28. The Morgan fingerprint density at radius 3 is 2.08 bits per heavy atom. The van der Waals surface area contributed by atoms with Crippen LogP contribution in [0.4, 0.5) is 4.79 Å². The molecule has 2 N–H and O–H groups in total. The molecule has 0 bridgehead atoms. The summed E-state index contributed by atoms with van der Waals surface area (Å²) in [6.45, 7) is 5.48. The van der Waals surface area contributed by atoms with Crippen molar-refractivity contribution in [2.24, 2.45) is 0 Å². The Kier molecular flexibility index (Phi) is 10.6. The number of carbonyl (C=O) groups excluding carboxylic acids is 2. The van der Waals surface area contributed by atoms with Crippen molar-refractivity contribution in [2.45, 2.75) is 39.3 Å². The largest absolute Gasteiger partial charge is 0.490 e. The predicted molar refractivity (Wildman–Crippen MR) is 139 cm³/mol. The van der Waals surface area contributed by atoms with E-state index in [0.29, 0.717) is 44.1 Å². The van der Waals surface area contributed by atoms with Crippen LogP contribution >= 0.6 is 0 Å². The minimum Gasteiger partial charge on any atom is -0.490 e. The van der Waals surface area contributed by atoms with Crippen molar-refractivity contribution in [3.63, 3.8) is 0 Å². The second-order valence-electron chi connectivity index (χ2n) is 8.14. The predicted octanol–water partition coefficient (Wildman–Crippen LogP) is 4.68. The third-order valence-electron chi connectivity index (χ3n) is 5.42. The molecule has 190 valence electrons. The van der Waals surface area contributed by atoms with Gasteiger partial charge in [0.2, 0.25) is 5.91 Å². The van der Waals surface area contributed by atoms with Gasteiger partial charge < -0.3 is 24.8 Å². The molecule has 3 rings (SSSR count). The van der Waals surface area contributed by atoms with Crippen LogP contribution in [0.3, 0.4) is 0 Å². The average Bonchev–Trinajstić information content (AvgIpc) is 2.90. The number of rotatable bonds is 13. The monoisotopic (exact) mass is 490 g/mol. The van der Waals surface area contributed by atoms with Crippen molar-refractivity contribution >= 4 is 12.0 Å². The lowest BCUT2D eigenvalue weighted by molar-refractivity contribution is -0.123. The van der Waals surface area contributed by atoms with Crippen LogP contribution < -0.4 is 20.1 Å². The molecule has 0 radical (unpaired) electrons. The number of ether oxygens (including phenoxy) is 3. The first-order chi connectivity index (χ1) is 17.6. The maximum absolute atomic E-state index is 13.0. The fourth-order valence-corrected chi connectivity index (χ4v) is 3.67. The summed E-state index contributed by atoms with van der Waals surface area (Å²) in [4.78, 5) is 25.5. The molecule has 0 fully saturated rings. The van der Waals surface area contributed by atoms with Crippen LogP contribution in [0, 0.1) is 0 Å². The van der Waals surface area contributed by atoms with Gasteiger partial charge in [-0.3, -0.25) is 4.79 Å². The summed E-state index contributed by atoms with van der Waals surface area (Å²) in [5.41, 5.74) is 2.82. The lowest BCUT2D eigenvalue weighted by Gasteiger charge is -2.19.